The van der Waals surface area contributed by atoms with E-state index in [1.807, 2.05) is 17.0 Å². The summed E-state index contributed by atoms with van der Waals surface area (Å²) in [4.78, 5) is 22.5. The second-order valence-corrected chi connectivity index (χ2v) is 8.83. The summed E-state index contributed by atoms with van der Waals surface area (Å²) in [5.74, 6) is 0.132. The third-order valence-corrected chi connectivity index (χ3v) is 6.87. The number of likely N-dealkylation sites (N-methyl/N-ethyl adjacent to an activating group) is 1. The Kier molecular flexibility index (Phi) is 5.83. The van der Waals surface area contributed by atoms with E-state index < -0.39 is 0 Å². The van der Waals surface area contributed by atoms with Crippen molar-refractivity contribution in [1.29, 1.82) is 0 Å². The SMILES string of the molecule is CN1CCN(c2cccc3c2CN(C(=O)c2ccc(N4CCOCC4)cc2)CC3)CC1. The van der Waals surface area contributed by atoms with Gasteiger partial charge < -0.3 is 24.3 Å². The summed E-state index contributed by atoms with van der Waals surface area (Å²) in [6.07, 6.45) is 0.925. The molecule has 2 fully saturated rings. The average molecular weight is 421 g/mol. The predicted octanol–water partition coefficient (Wildman–Crippen LogP) is 2.47. The fraction of sp³-hybridized carbons (Fsp3) is 0.480. The first-order chi connectivity index (χ1) is 15.2. The molecule has 164 valence electrons. The van der Waals surface area contributed by atoms with Crippen LogP contribution in [0.3, 0.4) is 0 Å². The fourth-order valence-corrected chi connectivity index (χ4v) is 4.90. The van der Waals surface area contributed by atoms with Crippen LogP contribution in [0.1, 0.15) is 21.5 Å². The van der Waals surface area contributed by atoms with Gasteiger partial charge in [-0.15, -0.1) is 0 Å². The van der Waals surface area contributed by atoms with Gasteiger partial charge in [0.05, 0.1) is 13.2 Å². The van der Waals surface area contributed by atoms with E-state index in [1.54, 1.807) is 0 Å². The number of morpholine rings is 1. The molecule has 3 heterocycles. The lowest BCUT2D eigenvalue weighted by Crippen LogP contribution is -2.45. The maximum Gasteiger partial charge on any atom is 0.254 e. The van der Waals surface area contributed by atoms with E-state index in [9.17, 15) is 4.79 Å². The highest BCUT2D eigenvalue weighted by Crippen LogP contribution is 2.30. The monoisotopic (exact) mass is 420 g/mol. The van der Waals surface area contributed by atoms with Crippen LogP contribution >= 0.6 is 0 Å². The van der Waals surface area contributed by atoms with Gasteiger partial charge in [0.1, 0.15) is 0 Å². The summed E-state index contributed by atoms with van der Waals surface area (Å²) < 4.78 is 5.44. The van der Waals surface area contributed by atoms with Crippen molar-refractivity contribution in [2.75, 3.05) is 75.9 Å². The van der Waals surface area contributed by atoms with E-state index in [4.69, 9.17) is 4.74 Å². The summed E-state index contributed by atoms with van der Waals surface area (Å²) >= 11 is 0. The van der Waals surface area contributed by atoms with Crippen molar-refractivity contribution in [3.8, 4) is 0 Å². The molecule has 0 bridgehead atoms. The van der Waals surface area contributed by atoms with Crippen LogP contribution in [0, 0.1) is 0 Å². The number of carbonyl (C=O) groups is 1. The number of benzene rings is 2. The highest BCUT2D eigenvalue weighted by Gasteiger charge is 2.26. The van der Waals surface area contributed by atoms with Crippen molar-refractivity contribution >= 4 is 17.3 Å². The highest BCUT2D eigenvalue weighted by atomic mass is 16.5. The average Bonchev–Trinajstić information content (AvgIpc) is 2.84. The minimum Gasteiger partial charge on any atom is -0.378 e. The summed E-state index contributed by atoms with van der Waals surface area (Å²) in [7, 11) is 2.18. The number of nitrogens with zero attached hydrogens (tertiary/aromatic N) is 4. The second-order valence-electron chi connectivity index (χ2n) is 8.83. The molecule has 3 aliphatic rings. The summed E-state index contributed by atoms with van der Waals surface area (Å²) in [5, 5.41) is 0. The number of ether oxygens (including phenoxy) is 1. The molecule has 0 aromatic heterocycles. The maximum absolute atomic E-state index is 13.3. The molecule has 0 unspecified atom stereocenters. The molecular weight excluding hydrogens is 388 g/mol. The highest BCUT2D eigenvalue weighted by molar-refractivity contribution is 5.94. The van der Waals surface area contributed by atoms with Crippen LogP contribution in [0.15, 0.2) is 42.5 Å². The molecule has 2 aromatic carbocycles. The number of carbonyl (C=O) groups excluding carboxylic acids is 1. The second kappa shape index (κ2) is 8.89. The van der Waals surface area contributed by atoms with Gasteiger partial charge in [0.15, 0.2) is 0 Å². The van der Waals surface area contributed by atoms with E-state index in [2.05, 4.69) is 52.1 Å². The number of hydrogen-bond donors (Lipinski definition) is 0. The van der Waals surface area contributed by atoms with Crippen LogP contribution in [-0.2, 0) is 17.7 Å². The van der Waals surface area contributed by atoms with E-state index in [-0.39, 0.29) is 5.91 Å². The Balaban J connectivity index is 1.31. The molecule has 2 saturated heterocycles. The van der Waals surface area contributed by atoms with Gasteiger partial charge in [0.2, 0.25) is 0 Å². The zero-order valence-electron chi connectivity index (χ0n) is 18.4. The number of hydrogen-bond acceptors (Lipinski definition) is 5. The van der Waals surface area contributed by atoms with Crippen molar-refractivity contribution in [3.63, 3.8) is 0 Å². The molecule has 0 saturated carbocycles. The van der Waals surface area contributed by atoms with Crippen LogP contribution in [0.2, 0.25) is 0 Å². The third-order valence-electron chi connectivity index (χ3n) is 6.87. The molecular formula is C25H32N4O2. The van der Waals surface area contributed by atoms with E-state index in [1.165, 1.54) is 22.5 Å². The minimum absolute atomic E-state index is 0.132. The van der Waals surface area contributed by atoms with Gasteiger partial charge in [-0.1, -0.05) is 12.1 Å². The minimum atomic E-state index is 0.132. The molecule has 0 N–H and O–H groups in total. The predicted molar refractivity (Wildman–Crippen MR) is 124 cm³/mol. The smallest absolute Gasteiger partial charge is 0.254 e. The molecule has 5 rings (SSSR count). The number of amides is 1. The first kappa shape index (κ1) is 20.3. The van der Waals surface area contributed by atoms with Gasteiger partial charge in [-0.25, -0.2) is 0 Å². The molecule has 1 amide bonds. The number of rotatable bonds is 3. The number of piperazine rings is 1. The van der Waals surface area contributed by atoms with Crippen molar-refractivity contribution < 1.29 is 9.53 Å². The van der Waals surface area contributed by atoms with Gasteiger partial charge in [-0.3, -0.25) is 4.79 Å². The third kappa shape index (κ3) is 4.27. The molecule has 0 spiro atoms. The molecule has 2 aromatic rings. The quantitative estimate of drug-likeness (QED) is 0.763. The van der Waals surface area contributed by atoms with Crippen molar-refractivity contribution in [2.24, 2.45) is 0 Å². The Morgan fingerprint density at radius 2 is 1.58 bits per heavy atom. The number of anilines is 2. The molecule has 0 radical (unpaired) electrons. The Bertz CT molecular complexity index is 916. The van der Waals surface area contributed by atoms with Crippen LogP contribution < -0.4 is 9.80 Å². The topological polar surface area (TPSA) is 39.3 Å². The largest absolute Gasteiger partial charge is 0.378 e. The van der Waals surface area contributed by atoms with Gasteiger partial charge >= 0.3 is 0 Å². The molecule has 0 atom stereocenters. The standard InChI is InChI=1S/C25H32N4O2/c1-26-11-13-28(14-12-26)24-4-2-3-20-9-10-29(19-23(20)24)25(30)21-5-7-22(8-6-21)27-15-17-31-18-16-27/h2-8H,9-19H2,1H3. The summed E-state index contributed by atoms with van der Waals surface area (Å²) in [6, 6.07) is 14.7. The van der Waals surface area contributed by atoms with Crippen molar-refractivity contribution in [2.45, 2.75) is 13.0 Å². The van der Waals surface area contributed by atoms with Gasteiger partial charge in [-0.2, -0.15) is 0 Å². The molecule has 6 heteroatoms. The Labute approximate surface area is 185 Å². The maximum atomic E-state index is 13.3. The molecule has 0 aliphatic carbocycles. The van der Waals surface area contributed by atoms with Crippen molar-refractivity contribution in [1.82, 2.24) is 9.80 Å². The van der Waals surface area contributed by atoms with E-state index in [0.717, 1.165) is 71.0 Å². The first-order valence-electron chi connectivity index (χ1n) is 11.5. The summed E-state index contributed by atoms with van der Waals surface area (Å²) in [6.45, 7) is 9.09. The summed E-state index contributed by atoms with van der Waals surface area (Å²) in [5.41, 5.74) is 5.98. The van der Waals surface area contributed by atoms with Gasteiger partial charge in [-0.05, 0) is 54.9 Å². The zero-order valence-corrected chi connectivity index (χ0v) is 18.4. The lowest BCUT2D eigenvalue weighted by atomic mass is 9.96. The zero-order chi connectivity index (χ0) is 21.2. The van der Waals surface area contributed by atoms with Crippen LogP contribution in [-0.4, -0.2) is 81.8 Å². The molecule has 31 heavy (non-hydrogen) atoms. The number of fused-ring (bicyclic) bond motifs is 1. The first-order valence-corrected chi connectivity index (χ1v) is 11.5. The molecule has 6 nitrogen and oxygen atoms in total. The lowest BCUT2D eigenvalue weighted by Gasteiger charge is -2.38. The normalized spacial score (nSPS) is 20.0. The van der Waals surface area contributed by atoms with Crippen LogP contribution in [0.4, 0.5) is 11.4 Å². The molecule has 3 aliphatic heterocycles. The fourth-order valence-electron chi connectivity index (χ4n) is 4.90. The Hall–Kier alpha value is -2.57. The van der Waals surface area contributed by atoms with E-state index >= 15 is 0 Å². The van der Waals surface area contributed by atoms with Gasteiger partial charge in [0, 0.05) is 69.3 Å². The van der Waals surface area contributed by atoms with Crippen molar-refractivity contribution in [3.05, 3.63) is 59.2 Å². The Morgan fingerprint density at radius 3 is 2.32 bits per heavy atom. The van der Waals surface area contributed by atoms with E-state index in [0.29, 0.717) is 6.54 Å². The lowest BCUT2D eigenvalue weighted by molar-refractivity contribution is 0.0735. The van der Waals surface area contributed by atoms with Crippen LogP contribution in [0.5, 0.6) is 0 Å². The Morgan fingerprint density at radius 1 is 0.839 bits per heavy atom. The van der Waals surface area contributed by atoms with Crippen LogP contribution in [0.25, 0.3) is 0 Å². The van der Waals surface area contributed by atoms with Gasteiger partial charge in [0.25, 0.3) is 5.91 Å².